The molecule has 0 saturated carbocycles. The van der Waals surface area contributed by atoms with Crippen molar-refractivity contribution in [3.05, 3.63) is 87.9 Å². The molecule has 0 amide bonds. The molecule has 2 heterocycles. The summed E-state index contributed by atoms with van der Waals surface area (Å²) in [6, 6.07) is 13.8. The van der Waals surface area contributed by atoms with Gasteiger partial charge in [-0.05, 0) is 65.4 Å². The first-order chi connectivity index (χ1) is 14.1. The van der Waals surface area contributed by atoms with Crippen molar-refractivity contribution in [3.8, 4) is 11.1 Å². The van der Waals surface area contributed by atoms with Gasteiger partial charge in [-0.2, -0.15) is 0 Å². The third-order valence-electron chi connectivity index (χ3n) is 6.35. The normalized spacial score (nSPS) is 14.9. The summed E-state index contributed by atoms with van der Waals surface area (Å²) in [6.45, 7) is 20.2. The molecule has 2 atom stereocenters. The summed E-state index contributed by atoms with van der Waals surface area (Å²) in [4.78, 5) is 5.79. The number of hydrogen-bond donors (Lipinski definition) is 0. The van der Waals surface area contributed by atoms with Gasteiger partial charge in [-0.15, -0.1) is 11.3 Å². The molecule has 0 radical (unpaired) electrons. The fourth-order valence-corrected chi connectivity index (χ4v) is 5.58. The summed E-state index contributed by atoms with van der Waals surface area (Å²) < 4.78 is 0. The van der Waals surface area contributed by atoms with Crippen molar-refractivity contribution in [2.24, 2.45) is 0 Å². The van der Waals surface area contributed by atoms with E-state index in [1.807, 2.05) is 23.7 Å². The molecule has 2 aromatic heterocycles. The van der Waals surface area contributed by atoms with Crippen molar-refractivity contribution in [2.75, 3.05) is 0 Å². The SMILES string of the molecule is C=C(C)C(c1ccc(C(C)(C)C)cc1)[C@](C)(CC)c1cc(-c2cncc(C)c2)cs1. The van der Waals surface area contributed by atoms with Crippen LogP contribution in [-0.2, 0) is 10.8 Å². The molecule has 0 saturated heterocycles. The molecule has 3 rings (SSSR count). The fraction of sp³-hybridized carbons (Fsp3) is 0.393. The van der Waals surface area contributed by atoms with Crippen LogP contribution in [0.1, 0.15) is 75.4 Å². The highest BCUT2D eigenvalue weighted by molar-refractivity contribution is 7.10. The summed E-state index contributed by atoms with van der Waals surface area (Å²) in [5.41, 5.74) is 7.74. The summed E-state index contributed by atoms with van der Waals surface area (Å²) in [6.07, 6.45) is 4.92. The maximum atomic E-state index is 4.41. The zero-order chi connectivity index (χ0) is 22.1. The molecule has 0 N–H and O–H groups in total. The Labute approximate surface area is 186 Å². The lowest BCUT2D eigenvalue weighted by Crippen LogP contribution is -2.29. The van der Waals surface area contributed by atoms with Crippen LogP contribution in [0.3, 0.4) is 0 Å². The molecular weight excluding hydrogens is 382 g/mol. The van der Waals surface area contributed by atoms with Crippen molar-refractivity contribution in [1.82, 2.24) is 4.98 Å². The summed E-state index contributed by atoms with van der Waals surface area (Å²) in [5, 5.41) is 2.28. The molecular formula is C28H35NS. The third kappa shape index (κ3) is 4.44. The zero-order valence-electron chi connectivity index (χ0n) is 19.5. The van der Waals surface area contributed by atoms with Gasteiger partial charge < -0.3 is 0 Å². The molecule has 0 fully saturated rings. The Morgan fingerprint density at radius 3 is 2.23 bits per heavy atom. The van der Waals surface area contributed by atoms with Crippen molar-refractivity contribution >= 4 is 11.3 Å². The molecule has 0 aliphatic heterocycles. The van der Waals surface area contributed by atoms with Crippen LogP contribution in [0.2, 0.25) is 0 Å². The van der Waals surface area contributed by atoms with E-state index >= 15 is 0 Å². The number of nitrogens with zero attached hydrogens (tertiary/aromatic N) is 1. The molecule has 2 heteroatoms. The minimum Gasteiger partial charge on any atom is -0.264 e. The quantitative estimate of drug-likeness (QED) is 0.367. The molecule has 158 valence electrons. The first kappa shape index (κ1) is 22.5. The van der Waals surface area contributed by atoms with E-state index in [0.29, 0.717) is 0 Å². The average Bonchev–Trinajstić information content (AvgIpc) is 3.18. The molecule has 0 spiro atoms. The Bertz CT molecular complexity index is 1020. The maximum Gasteiger partial charge on any atom is 0.0346 e. The second-order valence-electron chi connectivity index (χ2n) is 9.87. The van der Waals surface area contributed by atoms with Gasteiger partial charge in [0.2, 0.25) is 0 Å². The molecule has 1 nitrogen and oxygen atoms in total. The highest BCUT2D eigenvalue weighted by Gasteiger charge is 2.37. The molecule has 1 unspecified atom stereocenters. The van der Waals surface area contributed by atoms with Crippen LogP contribution in [0.5, 0.6) is 0 Å². The van der Waals surface area contributed by atoms with E-state index in [1.54, 1.807) is 0 Å². The molecule has 30 heavy (non-hydrogen) atoms. The lowest BCUT2D eigenvalue weighted by molar-refractivity contribution is 0.404. The molecule has 3 aromatic rings. The highest BCUT2D eigenvalue weighted by Crippen LogP contribution is 2.48. The average molecular weight is 418 g/mol. The Morgan fingerprint density at radius 2 is 1.70 bits per heavy atom. The minimum atomic E-state index is -0.00471. The highest BCUT2D eigenvalue weighted by atomic mass is 32.1. The third-order valence-corrected chi connectivity index (χ3v) is 7.55. The van der Waals surface area contributed by atoms with Crippen LogP contribution in [0, 0.1) is 6.92 Å². The van der Waals surface area contributed by atoms with E-state index in [-0.39, 0.29) is 16.7 Å². The van der Waals surface area contributed by atoms with Crippen LogP contribution in [-0.4, -0.2) is 4.98 Å². The minimum absolute atomic E-state index is 0.00471. The Kier molecular flexibility index (Phi) is 6.38. The van der Waals surface area contributed by atoms with Gasteiger partial charge in [0.05, 0.1) is 0 Å². The zero-order valence-corrected chi connectivity index (χ0v) is 20.4. The lowest BCUT2D eigenvalue weighted by atomic mass is 9.67. The molecule has 1 aromatic carbocycles. The topological polar surface area (TPSA) is 12.9 Å². The van der Waals surface area contributed by atoms with Crippen molar-refractivity contribution < 1.29 is 0 Å². The number of thiophene rings is 1. The van der Waals surface area contributed by atoms with Crippen LogP contribution in [0.4, 0.5) is 0 Å². The number of allylic oxidation sites excluding steroid dienone is 1. The first-order valence-electron chi connectivity index (χ1n) is 10.8. The Hall–Kier alpha value is -2.19. The summed E-state index contributed by atoms with van der Waals surface area (Å²) in [5.74, 6) is 0.277. The van der Waals surface area contributed by atoms with Gasteiger partial charge in [0.15, 0.2) is 0 Å². The first-order valence-corrected chi connectivity index (χ1v) is 11.7. The number of benzene rings is 1. The number of aryl methyl sites for hydroxylation is 1. The number of aromatic nitrogens is 1. The number of pyridine rings is 1. The summed E-state index contributed by atoms with van der Waals surface area (Å²) >= 11 is 1.86. The predicted octanol–water partition coefficient (Wildman–Crippen LogP) is 8.44. The second kappa shape index (κ2) is 8.51. The predicted molar refractivity (Wildman–Crippen MR) is 133 cm³/mol. The number of hydrogen-bond acceptors (Lipinski definition) is 2. The maximum absolute atomic E-state index is 4.41. The van der Waals surface area contributed by atoms with E-state index in [4.69, 9.17) is 0 Å². The van der Waals surface area contributed by atoms with Gasteiger partial charge in [0, 0.05) is 34.2 Å². The molecule has 0 bridgehead atoms. The van der Waals surface area contributed by atoms with Crippen molar-refractivity contribution in [2.45, 2.75) is 71.6 Å². The van der Waals surface area contributed by atoms with E-state index < -0.39 is 0 Å². The second-order valence-corrected chi connectivity index (χ2v) is 10.8. The lowest BCUT2D eigenvalue weighted by Gasteiger charge is -2.38. The molecule has 0 aliphatic carbocycles. The standard InChI is InChI=1S/C28H35NS/c1-9-28(8,25-15-23(18-30-25)22-14-20(4)16-29-17-22)26(19(2)3)21-10-12-24(13-11-21)27(5,6)7/h10-18,26H,2,9H2,1,3-8H3/t26?,28-/m1/s1. The number of rotatable bonds is 6. The van der Waals surface area contributed by atoms with Gasteiger partial charge in [0.25, 0.3) is 0 Å². The fourth-order valence-electron chi connectivity index (χ4n) is 4.39. The molecule has 0 aliphatic rings. The van der Waals surface area contributed by atoms with Crippen LogP contribution >= 0.6 is 11.3 Å². The van der Waals surface area contributed by atoms with Gasteiger partial charge in [-0.1, -0.05) is 71.0 Å². The van der Waals surface area contributed by atoms with Gasteiger partial charge >= 0.3 is 0 Å². The van der Waals surface area contributed by atoms with E-state index in [9.17, 15) is 0 Å². The Balaban J connectivity index is 2.03. The van der Waals surface area contributed by atoms with E-state index in [2.05, 4.69) is 102 Å². The summed E-state index contributed by atoms with van der Waals surface area (Å²) in [7, 11) is 0. The largest absolute Gasteiger partial charge is 0.264 e. The smallest absolute Gasteiger partial charge is 0.0346 e. The van der Waals surface area contributed by atoms with E-state index in [0.717, 1.165) is 6.42 Å². The van der Waals surface area contributed by atoms with Crippen LogP contribution < -0.4 is 0 Å². The Morgan fingerprint density at radius 1 is 1.03 bits per heavy atom. The van der Waals surface area contributed by atoms with Gasteiger partial charge in [0.1, 0.15) is 0 Å². The monoisotopic (exact) mass is 417 g/mol. The van der Waals surface area contributed by atoms with Crippen molar-refractivity contribution in [1.29, 1.82) is 0 Å². The van der Waals surface area contributed by atoms with Crippen molar-refractivity contribution in [3.63, 3.8) is 0 Å². The van der Waals surface area contributed by atoms with Gasteiger partial charge in [-0.25, -0.2) is 0 Å². The van der Waals surface area contributed by atoms with Crippen LogP contribution in [0.25, 0.3) is 11.1 Å². The van der Waals surface area contributed by atoms with Gasteiger partial charge in [-0.3, -0.25) is 4.98 Å². The van der Waals surface area contributed by atoms with Crippen LogP contribution in [0.15, 0.2) is 66.3 Å². The van der Waals surface area contributed by atoms with E-state index in [1.165, 1.54) is 38.3 Å².